The number of carbonyl (C=O) groups is 1. The van der Waals surface area contributed by atoms with Crippen molar-refractivity contribution >= 4 is 28.9 Å². The first-order valence-electron chi connectivity index (χ1n) is 9.97. The van der Waals surface area contributed by atoms with Crippen molar-refractivity contribution in [3.8, 4) is 6.07 Å². The van der Waals surface area contributed by atoms with Crippen molar-refractivity contribution in [2.24, 2.45) is 0 Å². The van der Waals surface area contributed by atoms with Gasteiger partial charge in [-0.05, 0) is 61.7 Å². The van der Waals surface area contributed by atoms with Crippen LogP contribution in [0.25, 0.3) is 0 Å². The SMILES string of the molecule is N#Cc1cccc(Nc2ncc(C(=O)Nc3ccc(N4CCCCC4)cc3)cn2)c1. The average molecular weight is 398 g/mol. The first kappa shape index (κ1) is 19.4. The van der Waals surface area contributed by atoms with E-state index < -0.39 is 0 Å². The van der Waals surface area contributed by atoms with Crippen LogP contribution in [0.3, 0.4) is 0 Å². The summed E-state index contributed by atoms with van der Waals surface area (Å²) in [6, 6.07) is 17.0. The zero-order chi connectivity index (χ0) is 20.8. The molecule has 0 saturated carbocycles. The second-order valence-corrected chi connectivity index (χ2v) is 7.16. The van der Waals surface area contributed by atoms with E-state index in [0.29, 0.717) is 22.8 Å². The van der Waals surface area contributed by atoms with E-state index in [4.69, 9.17) is 5.26 Å². The fourth-order valence-electron chi connectivity index (χ4n) is 3.42. The van der Waals surface area contributed by atoms with Crippen molar-refractivity contribution in [2.75, 3.05) is 28.6 Å². The summed E-state index contributed by atoms with van der Waals surface area (Å²) in [7, 11) is 0. The van der Waals surface area contributed by atoms with Crippen molar-refractivity contribution in [1.82, 2.24) is 9.97 Å². The molecule has 0 bridgehead atoms. The highest BCUT2D eigenvalue weighted by Crippen LogP contribution is 2.22. The van der Waals surface area contributed by atoms with Gasteiger partial charge < -0.3 is 15.5 Å². The van der Waals surface area contributed by atoms with Crippen LogP contribution < -0.4 is 15.5 Å². The number of nitrogens with one attached hydrogen (secondary N) is 2. The minimum atomic E-state index is -0.265. The Kier molecular flexibility index (Phi) is 5.85. The van der Waals surface area contributed by atoms with Crippen LogP contribution in [0.5, 0.6) is 0 Å². The quantitative estimate of drug-likeness (QED) is 0.664. The second kappa shape index (κ2) is 9.05. The maximum absolute atomic E-state index is 12.5. The lowest BCUT2D eigenvalue weighted by Gasteiger charge is -2.28. The number of nitrogens with zero attached hydrogens (tertiary/aromatic N) is 4. The summed E-state index contributed by atoms with van der Waals surface area (Å²) >= 11 is 0. The molecule has 3 aromatic rings. The summed E-state index contributed by atoms with van der Waals surface area (Å²) in [4.78, 5) is 23.3. The molecule has 0 unspecified atom stereocenters. The molecule has 1 aromatic heterocycles. The van der Waals surface area contributed by atoms with Gasteiger partial charge >= 0.3 is 0 Å². The van der Waals surface area contributed by atoms with Crippen LogP contribution in [-0.2, 0) is 0 Å². The predicted molar refractivity (Wildman–Crippen MR) is 117 cm³/mol. The van der Waals surface area contributed by atoms with E-state index in [9.17, 15) is 4.79 Å². The summed E-state index contributed by atoms with van der Waals surface area (Å²) in [6.07, 6.45) is 6.70. The van der Waals surface area contributed by atoms with Crippen LogP contribution in [0.1, 0.15) is 35.2 Å². The molecule has 2 aromatic carbocycles. The Morgan fingerprint density at radius 3 is 2.40 bits per heavy atom. The van der Waals surface area contributed by atoms with Gasteiger partial charge in [0.2, 0.25) is 5.95 Å². The van der Waals surface area contributed by atoms with Gasteiger partial charge in [-0.2, -0.15) is 5.26 Å². The molecular formula is C23H22N6O. The zero-order valence-corrected chi connectivity index (χ0v) is 16.5. The molecule has 0 aliphatic carbocycles. The standard InChI is InChI=1S/C23H22N6O/c24-14-17-5-4-6-20(13-17)28-23-25-15-18(16-26-23)22(30)27-19-7-9-21(10-8-19)29-11-2-1-3-12-29/h4-10,13,15-16H,1-3,11-12H2,(H,27,30)(H,25,26,28). The van der Waals surface area contributed by atoms with Gasteiger partial charge in [0, 0.05) is 42.5 Å². The van der Waals surface area contributed by atoms with E-state index >= 15 is 0 Å². The summed E-state index contributed by atoms with van der Waals surface area (Å²) in [5.41, 5.74) is 3.54. The maximum atomic E-state index is 12.5. The Bertz CT molecular complexity index is 1050. The molecule has 7 heteroatoms. The third-order valence-corrected chi connectivity index (χ3v) is 5.01. The molecule has 0 radical (unpaired) electrons. The Morgan fingerprint density at radius 1 is 0.967 bits per heavy atom. The largest absolute Gasteiger partial charge is 0.372 e. The fourth-order valence-corrected chi connectivity index (χ4v) is 3.42. The third-order valence-electron chi connectivity index (χ3n) is 5.01. The molecule has 1 aliphatic rings. The molecule has 1 fully saturated rings. The number of aromatic nitrogens is 2. The highest BCUT2D eigenvalue weighted by atomic mass is 16.1. The van der Waals surface area contributed by atoms with Crippen molar-refractivity contribution in [1.29, 1.82) is 5.26 Å². The summed E-state index contributed by atoms with van der Waals surface area (Å²) < 4.78 is 0. The molecule has 0 atom stereocenters. The molecule has 2 N–H and O–H groups in total. The number of hydrogen-bond donors (Lipinski definition) is 2. The highest BCUT2D eigenvalue weighted by molar-refractivity contribution is 6.04. The highest BCUT2D eigenvalue weighted by Gasteiger charge is 2.12. The zero-order valence-electron chi connectivity index (χ0n) is 16.5. The van der Waals surface area contributed by atoms with E-state index in [1.54, 1.807) is 18.2 Å². The van der Waals surface area contributed by atoms with Gasteiger partial charge in [0.1, 0.15) is 0 Å². The lowest BCUT2D eigenvalue weighted by Crippen LogP contribution is -2.29. The number of nitriles is 1. The summed E-state index contributed by atoms with van der Waals surface area (Å²) in [5, 5.41) is 14.9. The van der Waals surface area contributed by atoms with Crippen molar-refractivity contribution in [3.63, 3.8) is 0 Å². The third kappa shape index (κ3) is 4.73. The Hall–Kier alpha value is -3.92. The van der Waals surface area contributed by atoms with Crippen molar-refractivity contribution in [2.45, 2.75) is 19.3 Å². The van der Waals surface area contributed by atoms with E-state index in [1.807, 2.05) is 30.3 Å². The molecular weight excluding hydrogens is 376 g/mol. The van der Waals surface area contributed by atoms with Crippen molar-refractivity contribution < 1.29 is 4.79 Å². The van der Waals surface area contributed by atoms with E-state index in [-0.39, 0.29) is 5.91 Å². The molecule has 1 amide bonds. The second-order valence-electron chi connectivity index (χ2n) is 7.16. The van der Waals surface area contributed by atoms with Gasteiger partial charge in [-0.25, -0.2) is 9.97 Å². The summed E-state index contributed by atoms with van der Waals surface area (Å²) in [6.45, 7) is 2.18. The molecule has 150 valence electrons. The van der Waals surface area contributed by atoms with Crippen LogP contribution in [-0.4, -0.2) is 29.0 Å². The van der Waals surface area contributed by atoms with Gasteiger partial charge in [0.15, 0.2) is 0 Å². The molecule has 1 aliphatic heterocycles. The van der Waals surface area contributed by atoms with Gasteiger partial charge in [-0.1, -0.05) is 6.07 Å². The van der Waals surface area contributed by atoms with Crippen LogP contribution in [0.2, 0.25) is 0 Å². The lowest BCUT2D eigenvalue weighted by molar-refractivity contribution is 0.102. The molecule has 1 saturated heterocycles. The number of benzene rings is 2. The lowest BCUT2D eigenvalue weighted by atomic mass is 10.1. The van der Waals surface area contributed by atoms with E-state index in [1.165, 1.54) is 37.3 Å². The summed E-state index contributed by atoms with van der Waals surface area (Å²) in [5.74, 6) is 0.0891. The Balaban J connectivity index is 1.37. The molecule has 2 heterocycles. The normalized spacial score (nSPS) is 13.4. The minimum absolute atomic E-state index is 0.265. The van der Waals surface area contributed by atoms with Crippen LogP contribution in [0.4, 0.5) is 23.0 Å². The Labute approximate surface area is 175 Å². The number of anilines is 4. The van der Waals surface area contributed by atoms with Crippen LogP contribution in [0.15, 0.2) is 60.9 Å². The smallest absolute Gasteiger partial charge is 0.258 e. The fraction of sp³-hybridized carbons (Fsp3) is 0.217. The number of carbonyl (C=O) groups excluding carboxylic acids is 1. The van der Waals surface area contributed by atoms with Gasteiger partial charge in [0.25, 0.3) is 5.91 Å². The number of rotatable bonds is 5. The van der Waals surface area contributed by atoms with Gasteiger partial charge in [0.05, 0.1) is 17.2 Å². The maximum Gasteiger partial charge on any atom is 0.258 e. The number of hydrogen-bond acceptors (Lipinski definition) is 6. The first-order valence-corrected chi connectivity index (χ1v) is 9.97. The van der Waals surface area contributed by atoms with Gasteiger partial charge in [-0.3, -0.25) is 4.79 Å². The monoisotopic (exact) mass is 398 g/mol. The topological polar surface area (TPSA) is 93.9 Å². The average Bonchev–Trinajstić information content (AvgIpc) is 2.81. The predicted octanol–water partition coefficient (Wildman–Crippen LogP) is 4.33. The molecule has 4 rings (SSSR count). The molecule has 7 nitrogen and oxygen atoms in total. The first-order chi connectivity index (χ1) is 14.7. The van der Waals surface area contributed by atoms with E-state index in [0.717, 1.165) is 18.8 Å². The van der Waals surface area contributed by atoms with Gasteiger partial charge in [-0.15, -0.1) is 0 Å². The minimum Gasteiger partial charge on any atom is -0.372 e. The van der Waals surface area contributed by atoms with Crippen molar-refractivity contribution in [3.05, 3.63) is 72.1 Å². The molecule has 0 spiro atoms. The van der Waals surface area contributed by atoms with E-state index in [2.05, 4.69) is 31.6 Å². The number of piperidine rings is 1. The van der Waals surface area contributed by atoms with Crippen LogP contribution >= 0.6 is 0 Å². The molecule has 30 heavy (non-hydrogen) atoms. The van der Waals surface area contributed by atoms with Crippen LogP contribution in [0, 0.1) is 11.3 Å². The number of amides is 1. The Morgan fingerprint density at radius 2 is 1.70 bits per heavy atom.